The predicted molar refractivity (Wildman–Crippen MR) is 99.8 cm³/mol. The molecule has 0 saturated carbocycles. The number of aromatic hydroxyl groups is 1. The lowest BCUT2D eigenvalue weighted by molar-refractivity contribution is 0.102. The summed E-state index contributed by atoms with van der Waals surface area (Å²) in [6, 6.07) is 11.5. The largest absolute Gasteiger partial charge is 0.507 e. The lowest BCUT2D eigenvalue weighted by Gasteiger charge is -2.14. The van der Waals surface area contributed by atoms with Gasteiger partial charge in [0, 0.05) is 34.9 Å². The lowest BCUT2D eigenvalue weighted by Crippen LogP contribution is -2.31. The molecule has 132 valence electrons. The summed E-state index contributed by atoms with van der Waals surface area (Å²) in [7, 11) is 0. The Bertz CT molecular complexity index is 1020. The van der Waals surface area contributed by atoms with Crippen molar-refractivity contribution in [3.05, 3.63) is 87.1 Å². The van der Waals surface area contributed by atoms with E-state index in [4.69, 9.17) is 11.6 Å². The molecule has 6 nitrogen and oxygen atoms in total. The number of benzene rings is 1. The van der Waals surface area contributed by atoms with Crippen molar-refractivity contribution >= 4 is 23.2 Å². The van der Waals surface area contributed by atoms with Crippen LogP contribution in [0.3, 0.4) is 0 Å². The second-order valence-electron chi connectivity index (χ2n) is 5.76. The van der Waals surface area contributed by atoms with Gasteiger partial charge in [-0.05, 0) is 36.8 Å². The summed E-state index contributed by atoms with van der Waals surface area (Å²) in [6.45, 7) is 1.94. The molecule has 0 radical (unpaired) electrons. The van der Waals surface area contributed by atoms with E-state index >= 15 is 0 Å². The smallest absolute Gasteiger partial charge is 0.267 e. The Hall–Kier alpha value is -3.12. The number of carbonyl (C=O) groups excluding carboxylic acids is 1. The monoisotopic (exact) mass is 369 g/mol. The molecule has 2 aromatic heterocycles. The van der Waals surface area contributed by atoms with Crippen molar-refractivity contribution in [3.63, 3.8) is 0 Å². The number of pyridine rings is 2. The molecule has 0 bridgehead atoms. The SMILES string of the molecule is Cc1cc(O)c(C(=O)Nc2cccc(Cl)c2)c(=O)n1Cc1cccnc1. The predicted octanol–water partition coefficient (Wildman–Crippen LogP) is 3.21. The van der Waals surface area contributed by atoms with E-state index in [-0.39, 0.29) is 17.9 Å². The molecule has 3 rings (SSSR count). The minimum Gasteiger partial charge on any atom is -0.507 e. The maximum Gasteiger partial charge on any atom is 0.267 e. The normalized spacial score (nSPS) is 10.5. The van der Waals surface area contributed by atoms with Gasteiger partial charge in [0.25, 0.3) is 11.5 Å². The lowest BCUT2D eigenvalue weighted by atomic mass is 10.1. The first-order chi connectivity index (χ1) is 12.5. The third-order valence-corrected chi connectivity index (χ3v) is 4.09. The molecule has 7 heteroatoms. The number of anilines is 1. The zero-order chi connectivity index (χ0) is 18.7. The van der Waals surface area contributed by atoms with Crippen LogP contribution in [0, 0.1) is 6.92 Å². The highest BCUT2D eigenvalue weighted by atomic mass is 35.5. The quantitative estimate of drug-likeness (QED) is 0.739. The number of hydrogen-bond donors (Lipinski definition) is 2. The van der Waals surface area contributed by atoms with Crippen LogP contribution in [0.5, 0.6) is 5.75 Å². The van der Waals surface area contributed by atoms with E-state index in [0.717, 1.165) is 5.56 Å². The highest BCUT2D eigenvalue weighted by Crippen LogP contribution is 2.19. The van der Waals surface area contributed by atoms with Gasteiger partial charge in [0.05, 0.1) is 6.54 Å². The Morgan fingerprint density at radius 2 is 2.08 bits per heavy atom. The number of nitrogens with one attached hydrogen (secondary N) is 1. The van der Waals surface area contributed by atoms with Crippen LogP contribution in [0.15, 0.2) is 59.7 Å². The van der Waals surface area contributed by atoms with Gasteiger partial charge in [0.1, 0.15) is 11.3 Å². The van der Waals surface area contributed by atoms with E-state index in [2.05, 4.69) is 10.3 Å². The second-order valence-corrected chi connectivity index (χ2v) is 6.20. The summed E-state index contributed by atoms with van der Waals surface area (Å²) in [6.07, 6.45) is 3.28. The molecule has 0 aliphatic rings. The van der Waals surface area contributed by atoms with Crippen LogP contribution in [-0.2, 0) is 6.54 Å². The Morgan fingerprint density at radius 3 is 2.77 bits per heavy atom. The molecule has 0 unspecified atom stereocenters. The van der Waals surface area contributed by atoms with Gasteiger partial charge in [-0.25, -0.2) is 0 Å². The molecule has 1 amide bonds. The average Bonchev–Trinajstić information content (AvgIpc) is 2.59. The number of nitrogens with zero attached hydrogens (tertiary/aromatic N) is 2. The second kappa shape index (κ2) is 7.41. The molecule has 0 spiro atoms. The molecule has 1 aromatic carbocycles. The minimum absolute atomic E-state index is 0.246. The zero-order valence-corrected chi connectivity index (χ0v) is 14.7. The van der Waals surface area contributed by atoms with Crippen molar-refractivity contribution in [2.45, 2.75) is 13.5 Å². The molecule has 2 N–H and O–H groups in total. The summed E-state index contributed by atoms with van der Waals surface area (Å²) < 4.78 is 1.42. The van der Waals surface area contributed by atoms with Gasteiger partial charge >= 0.3 is 0 Å². The summed E-state index contributed by atoms with van der Waals surface area (Å²) in [5, 5.41) is 13.2. The molecular weight excluding hydrogens is 354 g/mol. The van der Waals surface area contributed by atoms with Gasteiger partial charge in [-0.15, -0.1) is 0 Å². The third-order valence-electron chi connectivity index (χ3n) is 3.86. The van der Waals surface area contributed by atoms with Crippen molar-refractivity contribution in [2.24, 2.45) is 0 Å². The fourth-order valence-electron chi connectivity index (χ4n) is 2.60. The molecule has 0 aliphatic carbocycles. The first-order valence-electron chi connectivity index (χ1n) is 7.85. The number of rotatable bonds is 4. The van der Waals surface area contributed by atoms with Gasteiger partial charge in [0.2, 0.25) is 0 Å². The number of carbonyl (C=O) groups is 1. The summed E-state index contributed by atoms with van der Waals surface area (Å²) >= 11 is 5.90. The third kappa shape index (κ3) is 3.75. The molecule has 0 aliphatic heterocycles. The van der Waals surface area contributed by atoms with E-state index in [1.807, 2.05) is 6.07 Å². The average molecular weight is 370 g/mol. The van der Waals surface area contributed by atoms with E-state index in [1.165, 1.54) is 10.6 Å². The van der Waals surface area contributed by atoms with E-state index in [1.54, 1.807) is 49.6 Å². The van der Waals surface area contributed by atoms with E-state index < -0.39 is 11.5 Å². The number of aryl methyl sites for hydroxylation is 1. The molecule has 3 aromatic rings. The van der Waals surface area contributed by atoms with Crippen LogP contribution in [0.2, 0.25) is 5.02 Å². The first kappa shape index (κ1) is 17.7. The van der Waals surface area contributed by atoms with Crippen LogP contribution in [0.1, 0.15) is 21.6 Å². The van der Waals surface area contributed by atoms with Gasteiger partial charge in [-0.2, -0.15) is 0 Å². The number of amides is 1. The Kier molecular flexibility index (Phi) is 5.04. The van der Waals surface area contributed by atoms with Crippen molar-refractivity contribution in [3.8, 4) is 5.75 Å². The summed E-state index contributed by atoms with van der Waals surface area (Å²) in [4.78, 5) is 29.4. The fourth-order valence-corrected chi connectivity index (χ4v) is 2.79. The van der Waals surface area contributed by atoms with Crippen LogP contribution < -0.4 is 10.9 Å². The van der Waals surface area contributed by atoms with Gasteiger partial charge in [0.15, 0.2) is 0 Å². The topological polar surface area (TPSA) is 84.2 Å². The summed E-state index contributed by atoms with van der Waals surface area (Å²) in [5.74, 6) is -1.07. The number of hydrogen-bond acceptors (Lipinski definition) is 4. The fraction of sp³-hybridized carbons (Fsp3) is 0.105. The summed E-state index contributed by atoms with van der Waals surface area (Å²) in [5.41, 5.74) is 0.881. The van der Waals surface area contributed by atoms with Crippen LogP contribution >= 0.6 is 11.6 Å². The van der Waals surface area contributed by atoms with Gasteiger partial charge in [-0.1, -0.05) is 23.7 Å². The van der Waals surface area contributed by atoms with Gasteiger partial charge in [-0.3, -0.25) is 14.6 Å². The van der Waals surface area contributed by atoms with Crippen LogP contribution in [-0.4, -0.2) is 20.6 Å². The molecule has 0 atom stereocenters. The van der Waals surface area contributed by atoms with Crippen molar-refractivity contribution < 1.29 is 9.90 Å². The Morgan fingerprint density at radius 1 is 1.27 bits per heavy atom. The number of halogens is 1. The van der Waals surface area contributed by atoms with Crippen LogP contribution in [0.4, 0.5) is 5.69 Å². The maximum absolute atomic E-state index is 12.8. The Labute approximate surface area is 154 Å². The molecular formula is C19H16ClN3O3. The van der Waals surface area contributed by atoms with Crippen molar-refractivity contribution in [1.82, 2.24) is 9.55 Å². The van der Waals surface area contributed by atoms with E-state index in [9.17, 15) is 14.7 Å². The standard InChI is InChI=1S/C19H16ClN3O3/c1-12-8-16(24)17(18(25)22-15-6-2-5-14(20)9-15)19(26)23(12)11-13-4-3-7-21-10-13/h2-10,24H,11H2,1H3,(H,22,25). The molecule has 0 fully saturated rings. The van der Waals surface area contributed by atoms with Gasteiger partial charge < -0.3 is 15.0 Å². The highest BCUT2D eigenvalue weighted by molar-refractivity contribution is 6.31. The van der Waals surface area contributed by atoms with Crippen molar-refractivity contribution in [1.29, 1.82) is 0 Å². The van der Waals surface area contributed by atoms with Crippen LogP contribution in [0.25, 0.3) is 0 Å². The maximum atomic E-state index is 12.8. The number of aromatic nitrogens is 2. The van der Waals surface area contributed by atoms with E-state index in [0.29, 0.717) is 16.4 Å². The zero-order valence-electron chi connectivity index (χ0n) is 13.9. The Balaban J connectivity index is 1.98. The first-order valence-corrected chi connectivity index (χ1v) is 8.22. The molecule has 26 heavy (non-hydrogen) atoms. The highest BCUT2D eigenvalue weighted by Gasteiger charge is 2.20. The molecule has 2 heterocycles. The minimum atomic E-state index is -0.699. The molecule has 0 saturated heterocycles. The van der Waals surface area contributed by atoms with Crippen molar-refractivity contribution in [2.75, 3.05) is 5.32 Å².